The van der Waals surface area contributed by atoms with Gasteiger partial charge in [-0.1, -0.05) is 0 Å². The van der Waals surface area contributed by atoms with Crippen LogP contribution in [-0.4, -0.2) is 61.7 Å². The van der Waals surface area contributed by atoms with Crippen LogP contribution in [0.25, 0.3) is 0 Å². The van der Waals surface area contributed by atoms with E-state index in [0.717, 1.165) is 19.5 Å². The van der Waals surface area contributed by atoms with E-state index in [4.69, 9.17) is 11.5 Å². The summed E-state index contributed by atoms with van der Waals surface area (Å²) in [5.74, 6) is 0. The highest BCUT2D eigenvalue weighted by Crippen LogP contribution is 2.03. The quantitative estimate of drug-likeness (QED) is 0.596. The van der Waals surface area contributed by atoms with Gasteiger partial charge in [-0.15, -0.1) is 0 Å². The predicted molar refractivity (Wildman–Crippen MR) is 64.8 cm³/mol. The van der Waals surface area contributed by atoms with E-state index >= 15 is 0 Å². The van der Waals surface area contributed by atoms with E-state index < -0.39 is 0 Å². The van der Waals surface area contributed by atoms with Gasteiger partial charge in [0.25, 0.3) is 0 Å². The lowest BCUT2D eigenvalue weighted by Gasteiger charge is -2.35. The molecule has 0 spiro atoms. The van der Waals surface area contributed by atoms with Crippen LogP contribution in [0.2, 0.25) is 0 Å². The lowest BCUT2D eigenvalue weighted by atomic mass is 10.2. The zero-order chi connectivity index (χ0) is 11.1. The molecule has 4 heteroatoms. The molecule has 0 aliphatic carbocycles. The van der Waals surface area contributed by atoms with Crippen molar-refractivity contribution in [1.29, 1.82) is 0 Å². The lowest BCUT2D eigenvalue weighted by molar-refractivity contribution is 0.127. The maximum atomic E-state index is 5.79. The molecule has 0 bridgehead atoms. The van der Waals surface area contributed by atoms with Gasteiger partial charge in [-0.2, -0.15) is 0 Å². The number of nitrogens with zero attached hydrogens (tertiary/aromatic N) is 2. The average molecular weight is 214 g/mol. The Hall–Kier alpha value is -0.160. The van der Waals surface area contributed by atoms with Gasteiger partial charge in [0.15, 0.2) is 0 Å². The molecular weight excluding hydrogens is 188 g/mol. The molecule has 1 rings (SSSR count). The molecule has 4 N–H and O–H groups in total. The van der Waals surface area contributed by atoms with Gasteiger partial charge in [0.2, 0.25) is 0 Å². The van der Waals surface area contributed by atoms with Crippen LogP contribution in [0.4, 0.5) is 0 Å². The van der Waals surface area contributed by atoms with Crippen LogP contribution >= 0.6 is 0 Å². The van der Waals surface area contributed by atoms with E-state index in [1.807, 2.05) is 0 Å². The van der Waals surface area contributed by atoms with Crippen LogP contribution in [0, 0.1) is 0 Å². The van der Waals surface area contributed by atoms with Crippen molar-refractivity contribution < 1.29 is 0 Å². The minimum Gasteiger partial charge on any atom is -0.330 e. The summed E-state index contributed by atoms with van der Waals surface area (Å²) < 4.78 is 0. The number of rotatable bonds is 6. The first-order valence-corrected chi connectivity index (χ1v) is 6.12. The molecule has 1 saturated heterocycles. The Kier molecular flexibility index (Phi) is 6.17. The monoisotopic (exact) mass is 214 g/mol. The van der Waals surface area contributed by atoms with E-state index in [9.17, 15) is 0 Å². The van der Waals surface area contributed by atoms with Crippen molar-refractivity contribution in [3.05, 3.63) is 0 Å². The number of piperazine rings is 1. The van der Waals surface area contributed by atoms with Crippen molar-refractivity contribution in [2.45, 2.75) is 25.8 Å². The van der Waals surface area contributed by atoms with E-state index in [-0.39, 0.29) is 0 Å². The zero-order valence-corrected chi connectivity index (χ0v) is 9.99. The first kappa shape index (κ1) is 12.9. The number of hydrogen-bond donors (Lipinski definition) is 2. The molecule has 90 valence electrons. The van der Waals surface area contributed by atoms with E-state index in [1.54, 1.807) is 0 Å². The third-order valence-electron chi connectivity index (χ3n) is 2.94. The fraction of sp³-hybridized carbons (Fsp3) is 1.00. The van der Waals surface area contributed by atoms with Gasteiger partial charge >= 0.3 is 0 Å². The summed E-state index contributed by atoms with van der Waals surface area (Å²) in [5, 5.41) is 0. The van der Waals surface area contributed by atoms with Crippen LogP contribution in [0.5, 0.6) is 0 Å². The topological polar surface area (TPSA) is 58.5 Å². The van der Waals surface area contributed by atoms with E-state index in [2.05, 4.69) is 16.7 Å². The van der Waals surface area contributed by atoms with Crippen LogP contribution in [0.3, 0.4) is 0 Å². The number of unbranched alkanes of at least 4 members (excludes halogenated alkanes) is 1. The molecule has 1 heterocycles. The molecule has 1 unspecified atom stereocenters. The highest BCUT2D eigenvalue weighted by atomic mass is 15.3. The summed E-state index contributed by atoms with van der Waals surface area (Å²) in [6, 6.07) is 0.300. The smallest absolute Gasteiger partial charge is 0.0139 e. The van der Waals surface area contributed by atoms with Gasteiger partial charge in [-0.05, 0) is 32.9 Å². The van der Waals surface area contributed by atoms with Gasteiger partial charge in [0.1, 0.15) is 0 Å². The molecular formula is C11H26N4. The molecule has 0 aromatic heterocycles. The molecule has 1 atom stereocenters. The SMILES string of the molecule is CC(N)CN1CCN(CCCCN)CC1. The van der Waals surface area contributed by atoms with Crippen molar-refractivity contribution in [3.8, 4) is 0 Å². The van der Waals surface area contributed by atoms with Crippen molar-refractivity contribution in [2.75, 3.05) is 45.8 Å². The second-order valence-electron chi connectivity index (χ2n) is 4.62. The molecule has 0 amide bonds. The Morgan fingerprint density at radius 1 is 1.07 bits per heavy atom. The number of nitrogens with two attached hydrogens (primary N) is 2. The largest absolute Gasteiger partial charge is 0.330 e. The Labute approximate surface area is 93.6 Å². The normalized spacial score (nSPS) is 21.8. The summed E-state index contributed by atoms with van der Waals surface area (Å²) in [7, 11) is 0. The summed E-state index contributed by atoms with van der Waals surface area (Å²) in [5.41, 5.74) is 11.3. The van der Waals surface area contributed by atoms with Gasteiger partial charge < -0.3 is 16.4 Å². The molecule has 1 fully saturated rings. The van der Waals surface area contributed by atoms with Crippen LogP contribution in [0.15, 0.2) is 0 Å². The molecule has 0 aromatic carbocycles. The zero-order valence-electron chi connectivity index (χ0n) is 9.99. The maximum absolute atomic E-state index is 5.79. The van der Waals surface area contributed by atoms with Crippen molar-refractivity contribution in [3.63, 3.8) is 0 Å². The summed E-state index contributed by atoms with van der Waals surface area (Å²) in [4.78, 5) is 5.00. The minimum atomic E-state index is 0.300. The van der Waals surface area contributed by atoms with E-state index in [1.165, 1.54) is 39.1 Å². The molecule has 15 heavy (non-hydrogen) atoms. The molecule has 0 radical (unpaired) electrons. The predicted octanol–water partition coefficient (Wildman–Crippen LogP) is -0.310. The average Bonchev–Trinajstić information content (AvgIpc) is 2.20. The summed E-state index contributed by atoms with van der Waals surface area (Å²) in [6.07, 6.45) is 2.39. The van der Waals surface area contributed by atoms with Gasteiger partial charge in [0, 0.05) is 38.8 Å². The Balaban J connectivity index is 2.07. The standard InChI is InChI=1S/C11H26N4/c1-11(13)10-15-8-6-14(7-9-15)5-3-2-4-12/h11H,2-10,12-13H2,1H3. The molecule has 1 aliphatic rings. The Morgan fingerprint density at radius 3 is 2.20 bits per heavy atom. The highest BCUT2D eigenvalue weighted by Gasteiger charge is 2.16. The van der Waals surface area contributed by atoms with Gasteiger partial charge in [-0.3, -0.25) is 4.90 Å². The summed E-state index contributed by atoms with van der Waals surface area (Å²) in [6.45, 7) is 9.88. The molecule has 0 aromatic rings. The fourth-order valence-corrected chi connectivity index (χ4v) is 2.08. The molecule has 1 aliphatic heterocycles. The van der Waals surface area contributed by atoms with Crippen molar-refractivity contribution in [1.82, 2.24) is 9.80 Å². The van der Waals surface area contributed by atoms with Crippen LogP contribution in [-0.2, 0) is 0 Å². The maximum Gasteiger partial charge on any atom is 0.0139 e. The second-order valence-corrected chi connectivity index (χ2v) is 4.62. The fourth-order valence-electron chi connectivity index (χ4n) is 2.08. The van der Waals surface area contributed by atoms with Crippen molar-refractivity contribution >= 4 is 0 Å². The van der Waals surface area contributed by atoms with Crippen LogP contribution < -0.4 is 11.5 Å². The Bertz CT molecular complexity index is 153. The molecule has 4 nitrogen and oxygen atoms in total. The van der Waals surface area contributed by atoms with Crippen LogP contribution in [0.1, 0.15) is 19.8 Å². The Morgan fingerprint density at radius 2 is 1.67 bits per heavy atom. The first-order valence-electron chi connectivity index (χ1n) is 6.12. The lowest BCUT2D eigenvalue weighted by Crippen LogP contribution is -2.49. The number of hydrogen-bond acceptors (Lipinski definition) is 4. The molecule has 0 saturated carbocycles. The highest BCUT2D eigenvalue weighted by molar-refractivity contribution is 4.74. The van der Waals surface area contributed by atoms with Gasteiger partial charge in [-0.25, -0.2) is 0 Å². The second kappa shape index (κ2) is 7.17. The minimum absolute atomic E-state index is 0.300. The first-order chi connectivity index (χ1) is 7.22. The van der Waals surface area contributed by atoms with Gasteiger partial charge in [0.05, 0.1) is 0 Å². The van der Waals surface area contributed by atoms with E-state index in [0.29, 0.717) is 6.04 Å². The third kappa shape index (κ3) is 5.47. The third-order valence-corrected chi connectivity index (χ3v) is 2.94. The summed E-state index contributed by atoms with van der Waals surface area (Å²) >= 11 is 0. The van der Waals surface area contributed by atoms with Crippen molar-refractivity contribution in [2.24, 2.45) is 11.5 Å².